The highest BCUT2D eigenvalue weighted by molar-refractivity contribution is 9.10. The molecule has 0 radical (unpaired) electrons. The normalized spacial score (nSPS) is 20.4. The van der Waals surface area contributed by atoms with Gasteiger partial charge in [-0.3, -0.25) is 9.59 Å². The van der Waals surface area contributed by atoms with Crippen molar-refractivity contribution in [1.82, 2.24) is 10.2 Å². The Balaban J connectivity index is 2.28. The zero-order valence-electron chi connectivity index (χ0n) is 12.0. The first-order chi connectivity index (χ1) is 9.93. The number of rotatable bonds is 4. The van der Waals surface area contributed by atoms with Gasteiger partial charge in [-0.05, 0) is 18.1 Å². The molecule has 114 valence electrons. The molecule has 2 atom stereocenters. The van der Waals surface area contributed by atoms with Gasteiger partial charge >= 0.3 is 0 Å². The van der Waals surface area contributed by atoms with Crippen molar-refractivity contribution >= 4 is 27.7 Å². The number of hydrogen-bond donors (Lipinski definition) is 1. The van der Waals surface area contributed by atoms with E-state index >= 15 is 0 Å². The van der Waals surface area contributed by atoms with Gasteiger partial charge in [0.2, 0.25) is 11.8 Å². The number of amides is 2. The Morgan fingerprint density at radius 1 is 1.48 bits per heavy atom. The summed E-state index contributed by atoms with van der Waals surface area (Å²) < 4.78 is 14.6. The van der Waals surface area contributed by atoms with Crippen LogP contribution in [0, 0.1) is 11.7 Å². The summed E-state index contributed by atoms with van der Waals surface area (Å²) in [6, 6.07) is 4.18. The third kappa shape index (κ3) is 3.43. The summed E-state index contributed by atoms with van der Waals surface area (Å²) in [5, 5.41) is 2.61. The van der Waals surface area contributed by atoms with Crippen molar-refractivity contribution in [2.45, 2.75) is 32.9 Å². The first-order valence-corrected chi connectivity index (χ1v) is 7.74. The van der Waals surface area contributed by atoms with Crippen LogP contribution in [0.25, 0.3) is 0 Å². The van der Waals surface area contributed by atoms with Gasteiger partial charge in [0, 0.05) is 16.6 Å². The van der Waals surface area contributed by atoms with Crippen LogP contribution in [-0.2, 0) is 16.1 Å². The van der Waals surface area contributed by atoms with Crippen LogP contribution in [0.2, 0.25) is 0 Å². The molecule has 0 saturated carbocycles. The van der Waals surface area contributed by atoms with Crippen molar-refractivity contribution in [3.63, 3.8) is 0 Å². The molecule has 1 aromatic carbocycles. The third-order valence-electron chi connectivity index (χ3n) is 3.88. The molecule has 1 aliphatic heterocycles. The highest BCUT2D eigenvalue weighted by Crippen LogP contribution is 2.23. The molecule has 1 aliphatic rings. The number of piperazine rings is 1. The lowest BCUT2D eigenvalue weighted by molar-refractivity contribution is -0.148. The zero-order chi connectivity index (χ0) is 15.6. The highest BCUT2D eigenvalue weighted by Gasteiger charge is 2.37. The van der Waals surface area contributed by atoms with Gasteiger partial charge in [-0.1, -0.05) is 42.3 Å². The minimum absolute atomic E-state index is 0.0211. The molecule has 2 amide bonds. The predicted molar refractivity (Wildman–Crippen MR) is 80.9 cm³/mol. The molecule has 1 N–H and O–H groups in total. The summed E-state index contributed by atoms with van der Waals surface area (Å²) in [6.07, 6.45) is 0.769. The van der Waals surface area contributed by atoms with E-state index in [0.29, 0.717) is 10.0 Å². The molecule has 4 nitrogen and oxygen atoms in total. The van der Waals surface area contributed by atoms with Gasteiger partial charge in [0.15, 0.2) is 0 Å². The van der Waals surface area contributed by atoms with E-state index in [9.17, 15) is 14.0 Å². The van der Waals surface area contributed by atoms with Crippen molar-refractivity contribution in [1.29, 1.82) is 0 Å². The maximum absolute atomic E-state index is 14.0. The highest BCUT2D eigenvalue weighted by atomic mass is 79.9. The van der Waals surface area contributed by atoms with Crippen LogP contribution >= 0.6 is 15.9 Å². The fraction of sp³-hybridized carbons (Fsp3) is 0.467. The van der Waals surface area contributed by atoms with Gasteiger partial charge in [-0.2, -0.15) is 0 Å². The van der Waals surface area contributed by atoms with Gasteiger partial charge in [0.05, 0.1) is 6.54 Å². The maximum Gasteiger partial charge on any atom is 0.243 e. The van der Waals surface area contributed by atoms with Crippen molar-refractivity contribution in [3.05, 3.63) is 34.1 Å². The van der Waals surface area contributed by atoms with Gasteiger partial charge in [-0.25, -0.2) is 4.39 Å². The Bertz CT molecular complexity index is 565. The van der Waals surface area contributed by atoms with Crippen molar-refractivity contribution < 1.29 is 14.0 Å². The molecule has 6 heteroatoms. The Morgan fingerprint density at radius 2 is 2.19 bits per heavy atom. The van der Waals surface area contributed by atoms with Gasteiger partial charge in [-0.15, -0.1) is 0 Å². The zero-order valence-corrected chi connectivity index (χ0v) is 13.6. The smallest absolute Gasteiger partial charge is 0.243 e. The summed E-state index contributed by atoms with van der Waals surface area (Å²) in [5.41, 5.74) is 0.412. The second kappa shape index (κ2) is 6.56. The standard InChI is InChI=1S/C15H18BrFN2O2/c1-3-9(2)14-15(21)18-7-13(20)19(14)8-10-4-5-11(16)6-12(10)17/h4-6,9,14H,3,7-8H2,1-2H3,(H,18,21). The summed E-state index contributed by atoms with van der Waals surface area (Å²) in [5.74, 6) is -0.706. The van der Waals surface area contributed by atoms with Crippen molar-refractivity contribution in [3.8, 4) is 0 Å². The molecule has 0 spiro atoms. The van der Waals surface area contributed by atoms with Gasteiger partial charge in [0.1, 0.15) is 11.9 Å². The second-order valence-corrected chi connectivity index (χ2v) is 6.22. The first-order valence-electron chi connectivity index (χ1n) is 6.95. The molecule has 2 unspecified atom stereocenters. The average Bonchev–Trinajstić information content (AvgIpc) is 2.45. The molecule has 0 aliphatic carbocycles. The number of carbonyl (C=O) groups is 2. The summed E-state index contributed by atoms with van der Waals surface area (Å²) in [6.45, 7) is 3.98. The fourth-order valence-corrected chi connectivity index (χ4v) is 2.81. The topological polar surface area (TPSA) is 49.4 Å². The number of halogens is 2. The lowest BCUT2D eigenvalue weighted by Crippen LogP contribution is -2.60. The largest absolute Gasteiger partial charge is 0.345 e. The molecular formula is C15H18BrFN2O2. The monoisotopic (exact) mass is 356 g/mol. The number of hydrogen-bond acceptors (Lipinski definition) is 2. The van der Waals surface area contributed by atoms with Crippen molar-refractivity contribution in [2.75, 3.05) is 6.54 Å². The van der Waals surface area contributed by atoms with E-state index in [1.54, 1.807) is 12.1 Å². The maximum atomic E-state index is 14.0. The van der Waals surface area contributed by atoms with Crippen LogP contribution in [0.1, 0.15) is 25.8 Å². The molecule has 2 rings (SSSR count). The molecule has 1 aromatic rings. The number of benzene rings is 1. The van der Waals surface area contributed by atoms with Gasteiger partial charge < -0.3 is 10.2 Å². The van der Waals surface area contributed by atoms with E-state index in [0.717, 1.165) is 6.42 Å². The Hall–Kier alpha value is -1.43. The quantitative estimate of drug-likeness (QED) is 0.900. The molecule has 0 aromatic heterocycles. The molecule has 1 saturated heterocycles. The summed E-state index contributed by atoms with van der Waals surface area (Å²) >= 11 is 3.20. The fourth-order valence-electron chi connectivity index (χ4n) is 2.47. The summed E-state index contributed by atoms with van der Waals surface area (Å²) in [7, 11) is 0. The van der Waals surface area contributed by atoms with Crippen LogP contribution in [0.15, 0.2) is 22.7 Å². The SMILES string of the molecule is CCC(C)C1C(=O)NCC(=O)N1Cc1ccc(Br)cc1F. The van der Waals surface area contributed by atoms with E-state index < -0.39 is 6.04 Å². The Kier molecular flexibility index (Phi) is 4.98. The van der Waals surface area contributed by atoms with Crippen LogP contribution in [0.5, 0.6) is 0 Å². The molecule has 1 fully saturated rings. The average molecular weight is 357 g/mol. The number of nitrogens with one attached hydrogen (secondary N) is 1. The molecule has 0 bridgehead atoms. The minimum Gasteiger partial charge on any atom is -0.345 e. The Labute approximate surface area is 131 Å². The molecule has 1 heterocycles. The van der Waals surface area contributed by atoms with Crippen LogP contribution in [-0.4, -0.2) is 29.3 Å². The van der Waals surface area contributed by atoms with Crippen LogP contribution < -0.4 is 5.32 Å². The van der Waals surface area contributed by atoms with Crippen LogP contribution in [0.3, 0.4) is 0 Å². The Morgan fingerprint density at radius 3 is 2.81 bits per heavy atom. The third-order valence-corrected chi connectivity index (χ3v) is 4.37. The number of carbonyl (C=O) groups excluding carboxylic acids is 2. The van der Waals surface area contributed by atoms with Gasteiger partial charge in [0.25, 0.3) is 0 Å². The second-order valence-electron chi connectivity index (χ2n) is 5.31. The van der Waals surface area contributed by atoms with E-state index in [2.05, 4.69) is 21.2 Å². The lowest BCUT2D eigenvalue weighted by atomic mass is 9.94. The first kappa shape index (κ1) is 15.9. The van der Waals surface area contributed by atoms with Crippen LogP contribution in [0.4, 0.5) is 4.39 Å². The summed E-state index contributed by atoms with van der Waals surface area (Å²) in [4.78, 5) is 25.7. The predicted octanol–water partition coefficient (Wildman–Crippen LogP) is 2.46. The lowest BCUT2D eigenvalue weighted by Gasteiger charge is -2.38. The molecule has 21 heavy (non-hydrogen) atoms. The minimum atomic E-state index is -0.542. The van der Waals surface area contributed by atoms with Crippen molar-refractivity contribution in [2.24, 2.45) is 5.92 Å². The van der Waals surface area contributed by atoms with E-state index in [-0.39, 0.29) is 36.6 Å². The molecular weight excluding hydrogens is 339 g/mol. The van der Waals surface area contributed by atoms with E-state index in [4.69, 9.17) is 0 Å². The number of nitrogens with zero attached hydrogens (tertiary/aromatic N) is 1. The van der Waals surface area contributed by atoms with E-state index in [1.165, 1.54) is 11.0 Å². The van der Waals surface area contributed by atoms with E-state index in [1.807, 2.05) is 13.8 Å².